The molecule has 1 saturated heterocycles. The minimum atomic E-state index is 0.0646. The Labute approximate surface area is 73.9 Å². The van der Waals surface area contributed by atoms with Gasteiger partial charge in [0.1, 0.15) is 0 Å². The van der Waals surface area contributed by atoms with E-state index < -0.39 is 0 Å². The Morgan fingerprint density at radius 3 is 2.83 bits per heavy atom. The Bertz CT molecular complexity index is 199. The third kappa shape index (κ3) is 1.60. The molecule has 0 aliphatic carbocycles. The van der Waals surface area contributed by atoms with Gasteiger partial charge in [0.2, 0.25) is 0 Å². The molecule has 1 heterocycles. The average molecular weight is 168 g/mol. The van der Waals surface area contributed by atoms with Crippen LogP contribution in [0.4, 0.5) is 0 Å². The first-order valence-corrected chi connectivity index (χ1v) is 4.22. The fourth-order valence-corrected chi connectivity index (χ4v) is 1.87. The molecule has 0 N–H and O–H groups in total. The third-order valence-corrected chi connectivity index (χ3v) is 2.74. The van der Waals surface area contributed by atoms with Crippen LogP contribution >= 0.6 is 0 Å². The molecule has 0 radical (unpaired) electrons. The van der Waals surface area contributed by atoms with Gasteiger partial charge in [-0.2, -0.15) is 5.26 Å². The number of ether oxygens (including phenoxy) is 1. The number of hydrogen-bond acceptors (Lipinski definition) is 3. The van der Waals surface area contributed by atoms with Crippen molar-refractivity contribution in [3.8, 4) is 6.07 Å². The third-order valence-electron chi connectivity index (χ3n) is 2.74. The summed E-state index contributed by atoms with van der Waals surface area (Å²) in [5.74, 6) is 0.176. The van der Waals surface area contributed by atoms with Crippen molar-refractivity contribution < 1.29 is 4.74 Å². The molecule has 3 nitrogen and oxygen atoms in total. The lowest BCUT2D eigenvalue weighted by Gasteiger charge is -2.30. The molecule has 0 aromatic carbocycles. The van der Waals surface area contributed by atoms with Crippen LogP contribution in [0, 0.1) is 17.2 Å². The number of hydrogen-bond donors (Lipinski definition) is 0. The van der Waals surface area contributed by atoms with E-state index in [0.717, 1.165) is 13.0 Å². The number of likely N-dealkylation sites (tertiary alicyclic amines) is 1. The Balaban J connectivity index is 2.62. The van der Waals surface area contributed by atoms with Crippen molar-refractivity contribution in [1.82, 2.24) is 4.90 Å². The van der Waals surface area contributed by atoms with Crippen molar-refractivity contribution in [2.45, 2.75) is 18.9 Å². The lowest BCUT2D eigenvalue weighted by atomic mass is 9.96. The summed E-state index contributed by atoms with van der Waals surface area (Å²) in [6, 6.07) is 2.31. The first-order valence-electron chi connectivity index (χ1n) is 4.22. The number of likely N-dealkylation sites (N-methyl/N-ethyl adjacent to an activating group) is 1. The standard InChI is InChI=1S/C9H16N2O/c1-9(7-12-3)4-8(5-10)6-11(9)2/h8H,4,6-7H2,1-3H3. The Morgan fingerprint density at radius 1 is 1.75 bits per heavy atom. The van der Waals surface area contributed by atoms with E-state index in [1.807, 2.05) is 0 Å². The molecule has 68 valence electrons. The first-order chi connectivity index (χ1) is 5.62. The van der Waals surface area contributed by atoms with Crippen LogP contribution in [0.15, 0.2) is 0 Å². The van der Waals surface area contributed by atoms with E-state index in [9.17, 15) is 0 Å². The van der Waals surface area contributed by atoms with Crippen LogP contribution < -0.4 is 0 Å². The zero-order valence-electron chi connectivity index (χ0n) is 8.00. The van der Waals surface area contributed by atoms with Gasteiger partial charge < -0.3 is 4.74 Å². The SMILES string of the molecule is COCC1(C)CC(C#N)CN1C. The highest BCUT2D eigenvalue weighted by molar-refractivity contribution is 5.01. The highest BCUT2D eigenvalue weighted by Gasteiger charge is 2.39. The summed E-state index contributed by atoms with van der Waals surface area (Å²) in [7, 11) is 3.76. The molecule has 3 heteroatoms. The maximum atomic E-state index is 8.77. The Morgan fingerprint density at radius 2 is 2.42 bits per heavy atom. The molecule has 1 aliphatic heterocycles. The summed E-state index contributed by atoms with van der Waals surface area (Å²) in [5.41, 5.74) is 0.0646. The number of methoxy groups -OCH3 is 1. The molecule has 1 rings (SSSR count). The van der Waals surface area contributed by atoms with Crippen molar-refractivity contribution in [3.05, 3.63) is 0 Å². The van der Waals surface area contributed by atoms with E-state index in [-0.39, 0.29) is 11.5 Å². The molecule has 1 aliphatic rings. The lowest BCUT2D eigenvalue weighted by Crippen LogP contribution is -2.42. The van der Waals surface area contributed by atoms with E-state index in [4.69, 9.17) is 10.00 Å². The maximum absolute atomic E-state index is 8.77. The van der Waals surface area contributed by atoms with Gasteiger partial charge >= 0.3 is 0 Å². The highest BCUT2D eigenvalue weighted by Crippen LogP contribution is 2.31. The highest BCUT2D eigenvalue weighted by atomic mass is 16.5. The van der Waals surface area contributed by atoms with E-state index in [0.29, 0.717) is 6.61 Å². The molecule has 12 heavy (non-hydrogen) atoms. The van der Waals surface area contributed by atoms with E-state index in [2.05, 4.69) is 24.9 Å². The van der Waals surface area contributed by atoms with Gasteiger partial charge in [-0.1, -0.05) is 0 Å². The van der Waals surface area contributed by atoms with Gasteiger partial charge in [-0.3, -0.25) is 4.90 Å². The Hall–Kier alpha value is -0.590. The quantitative estimate of drug-likeness (QED) is 0.613. The summed E-state index contributed by atoms with van der Waals surface area (Å²) in [6.07, 6.45) is 0.924. The molecule has 0 spiro atoms. The monoisotopic (exact) mass is 168 g/mol. The van der Waals surface area contributed by atoms with Crippen LogP contribution in [-0.4, -0.2) is 37.7 Å². The second kappa shape index (κ2) is 3.42. The molecule has 1 fully saturated rings. The number of nitriles is 1. The number of nitrogens with zero attached hydrogens (tertiary/aromatic N) is 2. The molecule has 0 aromatic heterocycles. The van der Waals surface area contributed by atoms with Crippen molar-refractivity contribution in [2.75, 3.05) is 27.3 Å². The van der Waals surface area contributed by atoms with Gasteiger partial charge in [-0.05, 0) is 20.4 Å². The van der Waals surface area contributed by atoms with Crippen LogP contribution in [0.2, 0.25) is 0 Å². The fraction of sp³-hybridized carbons (Fsp3) is 0.889. The molecule has 0 aromatic rings. The largest absolute Gasteiger partial charge is 0.383 e. The van der Waals surface area contributed by atoms with Crippen molar-refractivity contribution in [2.24, 2.45) is 5.92 Å². The molecule has 2 unspecified atom stereocenters. The summed E-state index contributed by atoms with van der Waals surface area (Å²) in [4.78, 5) is 2.21. The minimum Gasteiger partial charge on any atom is -0.383 e. The predicted octanol–water partition coefficient (Wildman–Crippen LogP) is 0.867. The first kappa shape index (κ1) is 9.50. The number of rotatable bonds is 2. The molecule has 2 atom stereocenters. The normalized spacial score (nSPS) is 36.7. The molecular weight excluding hydrogens is 152 g/mol. The Kier molecular flexibility index (Phi) is 2.71. The average Bonchev–Trinajstić information content (AvgIpc) is 2.29. The van der Waals surface area contributed by atoms with Gasteiger partial charge in [-0.15, -0.1) is 0 Å². The second-order valence-electron chi connectivity index (χ2n) is 3.84. The smallest absolute Gasteiger partial charge is 0.0670 e. The van der Waals surface area contributed by atoms with Gasteiger partial charge in [-0.25, -0.2) is 0 Å². The van der Waals surface area contributed by atoms with Crippen molar-refractivity contribution in [3.63, 3.8) is 0 Å². The van der Waals surface area contributed by atoms with Gasteiger partial charge in [0.05, 0.1) is 18.6 Å². The summed E-state index contributed by atoms with van der Waals surface area (Å²) < 4.78 is 5.14. The predicted molar refractivity (Wildman–Crippen MR) is 46.6 cm³/mol. The molecule has 0 amide bonds. The minimum absolute atomic E-state index is 0.0646. The van der Waals surface area contributed by atoms with E-state index in [1.54, 1.807) is 7.11 Å². The van der Waals surface area contributed by atoms with Gasteiger partial charge in [0.15, 0.2) is 0 Å². The van der Waals surface area contributed by atoms with Crippen molar-refractivity contribution in [1.29, 1.82) is 5.26 Å². The summed E-state index contributed by atoms with van der Waals surface area (Å²) in [5, 5.41) is 8.77. The summed E-state index contributed by atoms with van der Waals surface area (Å²) >= 11 is 0. The van der Waals surface area contributed by atoms with Crippen LogP contribution in [0.25, 0.3) is 0 Å². The zero-order valence-corrected chi connectivity index (χ0v) is 8.00. The zero-order chi connectivity index (χ0) is 9.19. The molecule has 0 saturated carbocycles. The van der Waals surface area contributed by atoms with Gasteiger partial charge in [0.25, 0.3) is 0 Å². The fourth-order valence-electron chi connectivity index (χ4n) is 1.87. The molecule has 0 bridgehead atoms. The second-order valence-corrected chi connectivity index (χ2v) is 3.84. The summed E-state index contributed by atoms with van der Waals surface area (Å²) in [6.45, 7) is 3.73. The van der Waals surface area contributed by atoms with Crippen LogP contribution in [-0.2, 0) is 4.74 Å². The van der Waals surface area contributed by atoms with Crippen LogP contribution in [0.1, 0.15) is 13.3 Å². The topological polar surface area (TPSA) is 36.3 Å². The maximum Gasteiger partial charge on any atom is 0.0670 e. The van der Waals surface area contributed by atoms with Gasteiger partial charge in [0, 0.05) is 19.2 Å². The van der Waals surface area contributed by atoms with Crippen LogP contribution in [0.3, 0.4) is 0 Å². The van der Waals surface area contributed by atoms with Crippen molar-refractivity contribution >= 4 is 0 Å². The molecular formula is C9H16N2O. The van der Waals surface area contributed by atoms with E-state index >= 15 is 0 Å². The van der Waals surface area contributed by atoms with E-state index in [1.165, 1.54) is 0 Å². The lowest BCUT2D eigenvalue weighted by molar-refractivity contribution is 0.0658. The van der Waals surface area contributed by atoms with Crippen LogP contribution in [0.5, 0.6) is 0 Å².